The summed E-state index contributed by atoms with van der Waals surface area (Å²) in [6.07, 6.45) is 3.42. The van der Waals surface area contributed by atoms with Crippen molar-refractivity contribution in [3.05, 3.63) is 0 Å². The first-order chi connectivity index (χ1) is 6.31. The predicted octanol–water partition coefficient (Wildman–Crippen LogP) is 0.464. The number of nitrogens with zero attached hydrogens (tertiary/aromatic N) is 1. The van der Waals surface area contributed by atoms with Crippen molar-refractivity contribution in [1.82, 2.24) is 10.2 Å². The fraction of sp³-hybridized carbons (Fsp3) is 0.900. The number of fused-ring (bicyclic) bond motifs is 2. The van der Waals surface area contributed by atoms with Crippen molar-refractivity contribution < 1.29 is 4.79 Å². The van der Waals surface area contributed by atoms with E-state index in [0.29, 0.717) is 11.8 Å². The summed E-state index contributed by atoms with van der Waals surface area (Å²) < 4.78 is 0. The molecule has 2 saturated heterocycles. The number of piperidine rings is 2. The Bertz CT molecular complexity index is 199. The number of carbonyl (C=O) groups is 1. The average Bonchev–Trinajstić information content (AvgIpc) is 2.06. The number of nitrogens with one attached hydrogen (secondary N) is 1. The van der Waals surface area contributed by atoms with E-state index in [9.17, 15) is 4.79 Å². The Balaban J connectivity index is 1.76. The van der Waals surface area contributed by atoms with E-state index in [1.807, 2.05) is 7.05 Å². The highest BCUT2D eigenvalue weighted by Gasteiger charge is 2.42. The largest absolute Gasteiger partial charge is 0.342 e. The molecule has 0 aromatic rings. The zero-order chi connectivity index (χ0) is 9.26. The summed E-state index contributed by atoms with van der Waals surface area (Å²) in [5.41, 5.74) is 0. The van der Waals surface area contributed by atoms with Crippen LogP contribution in [0, 0.1) is 11.8 Å². The van der Waals surface area contributed by atoms with E-state index in [0.717, 1.165) is 32.0 Å². The second-order valence-electron chi connectivity index (χ2n) is 4.28. The van der Waals surface area contributed by atoms with Gasteiger partial charge in [-0.1, -0.05) is 0 Å². The molecule has 1 saturated carbocycles. The Morgan fingerprint density at radius 2 is 2.31 bits per heavy atom. The van der Waals surface area contributed by atoms with E-state index in [1.165, 1.54) is 12.8 Å². The van der Waals surface area contributed by atoms with Crippen LogP contribution in [0.2, 0.25) is 0 Å². The average molecular weight is 182 g/mol. The summed E-state index contributed by atoms with van der Waals surface area (Å²) in [6.45, 7) is 2.99. The molecular formula is C10H18N2O. The molecule has 0 aromatic carbocycles. The molecule has 0 atom stereocenters. The van der Waals surface area contributed by atoms with Gasteiger partial charge in [0.25, 0.3) is 0 Å². The highest BCUT2D eigenvalue weighted by atomic mass is 16.2. The molecule has 3 aliphatic rings. The van der Waals surface area contributed by atoms with Crippen LogP contribution < -0.4 is 5.32 Å². The first kappa shape index (κ1) is 9.00. The first-order valence-corrected chi connectivity index (χ1v) is 5.24. The van der Waals surface area contributed by atoms with Gasteiger partial charge in [0.05, 0.1) is 0 Å². The molecule has 1 aliphatic carbocycles. The number of hydrogen-bond acceptors (Lipinski definition) is 2. The van der Waals surface area contributed by atoms with Crippen LogP contribution >= 0.6 is 0 Å². The number of amides is 1. The van der Waals surface area contributed by atoms with Gasteiger partial charge in [-0.25, -0.2) is 0 Å². The SMILES string of the molecule is CNCCCN1CC2CC(C2)C1=O. The Morgan fingerprint density at radius 3 is 2.92 bits per heavy atom. The third-order valence-corrected chi connectivity index (χ3v) is 3.23. The van der Waals surface area contributed by atoms with Crippen LogP contribution in [0.25, 0.3) is 0 Å². The van der Waals surface area contributed by atoms with E-state index in [-0.39, 0.29) is 0 Å². The van der Waals surface area contributed by atoms with E-state index in [4.69, 9.17) is 0 Å². The number of rotatable bonds is 4. The third-order valence-electron chi connectivity index (χ3n) is 3.23. The van der Waals surface area contributed by atoms with E-state index >= 15 is 0 Å². The summed E-state index contributed by atoms with van der Waals surface area (Å²) >= 11 is 0. The van der Waals surface area contributed by atoms with Crippen molar-refractivity contribution in [3.63, 3.8) is 0 Å². The van der Waals surface area contributed by atoms with Gasteiger partial charge in [0.15, 0.2) is 0 Å². The van der Waals surface area contributed by atoms with Gasteiger partial charge in [-0.3, -0.25) is 4.79 Å². The van der Waals surface area contributed by atoms with Crippen molar-refractivity contribution in [2.45, 2.75) is 19.3 Å². The molecule has 3 fully saturated rings. The molecule has 74 valence electrons. The van der Waals surface area contributed by atoms with Crippen LogP contribution in [0.4, 0.5) is 0 Å². The van der Waals surface area contributed by atoms with E-state index in [1.54, 1.807) is 0 Å². The van der Waals surface area contributed by atoms with Gasteiger partial charge < -0.3 is 10.2 Å². The minimum absolute atomic E-state index is 0.397. The zero-order valence-electron chi connectivity index (χ0n) is 8.25. The Hall–Kier alpha value is -0.570. The molecule has 13 heavy (non-hydrogen) atoms. The van der Waals surface area contributed by atoms with Gasteiger partial charge in [0, 0.05) is 19.0 Å². The highest BCUT2D eigenvalue weighted by molar-refractivity contribution is 5.81. The van der Waals surface area contributed by atoms with Crippen molar-refractivity contribution in [2.24, 2.45) is 11.8 Å². The fourth-order valence-corrected chi connectivity index (χ4v) is 2.39. The summed E-state index contributed by atoms with van der Waals surface area (Å²) in [4.78, 5) is 13.7. The lowest BCUT2D eigenvalue weighted by Gasteiger charge is -2.46. The Labute approximate surface area is 79.5 Å². The summed E-state index contributed by atoms with van der Waals surface area (Å²) in [5, 5.41) is 3.11. The normalized spacial score (nSPS) is 31.8. The highest BCUT2D eigenvalue weighted by Crippen LogP contribution is 2.40. The standard InChI is InChI=1S/C10H18N2O/c1-11-3-2-4-12-7-8-5-9(6-8)10(12)13/h8-9,11H,2-7H2,1H3. The molecule has 0 unspecified atom stereocenters. The first-order valence-electron chi connectivity index (χ1n) is 5.24. The lowest BCUT2D eigenvalue weighted by atomic mass is 9.70. The van der Waals surface area contributed by atoms with Crippen molar-refractivity contribution >= 4 is 5.91 Å². The van der Waals surface area contributed by atoms with Crippen LogP contribution in [0.5, 0.6) is 0 Å². The van der Waals surface area contributed by atoms with Gasteiger partial charge in [-0.2, -0.15) is 0 Å². The predicted molar refractivity (Wildman–Crippen MR) is 51.3 cm³/mol. The molecule has 2 bridgehead atoms. The maximum Gasteiger partial charge on any atom is 0.225 e. The molecule has 0 spiro atoms. The molecule has 1 N–H and O–H groups in total. The molecular weight excluding hydrogens is 164 g/mol. The van der Waals surface area contributed by atoms with Gasteiger partial charge in [-0.15, -0.1) is 0 Å². The Kier molecular flexibility index (Phi) is 2.54. The summed E-state index contributed by atoms with van der Waals surface area (Å²) in [6, 6.07) is 0. The minimum atomic E-state index is 0.397. The number of carbonyl (C=O) groups excluding carboxylic acids is 1. The maximum absolute atomic E-state index is 11.7. The Morgan fingerprint density at radius 1 is 1.54 bits per heavy atom. The molecule has 2 aliphatic heterocycles. The van der Waals surface area contributed by atoms with Crippen LogP contribution in [0.15, 0.2) is 0 Å². The summed E-state index contributed by atoms with van der Waals surface area (Å²) in [7, 11) is 1.95. The molecule has 2 heterocycles. The van der Waals surface area contributed by atoms with Crippen molar-refractivity contribution in [1.29, 1.82) is 0 Å². The minimum Gasteiger partial charge on any atom is -0.342 e. The molecule has 3 nitrogen and oxygen atoms in total. The van der Waals surface area contributed by atoms with Gasteiger partial charge in [0.2, 0.25) is 5.91 Å². The number of hydrogen-bond donors (Lipinski definition) is 1. The summed E-state index contributed by atoms with van der Waals surface area (Å²) in [5.74, 6) is 1.64. The molecule has 3 heteroatoms. The maximum atomic E-state index is 11.7. The lowest BCUT2D eigenvalue weighted by Crippen LogP contribution is -2.53. The lowest BCUT2D eigenvalue weighted by molar-refractivity contribution is -0.149. The van der Waals surface area contributed by atoms with Gasteiger partial charge in [-0.05, 0) is 38.8 Å². The van der Waals surface area contributed by atoms with E-state index in [2.05, 4.69) is 10.2 Å². The topological polar surface area (TPSA) is 32.3 Å². The van der Waals surface area contributed by atoms with Crippen LogP contribution in [-0.4, -0.2) is 37.5 Å². The second kappa shape index (κ2) is 3.66. The molecule has 0 radical (unpaired) electrons. The van der Waals surface area contributed by atoms with Crippen LogP contribution in [0.3, 0.4) is 0 Å². The van der Waals surface area contributed by atoms with Crippen molar-refractivity contribution in [3.8, 4) is 0 Å². The van der Waals surface area contributed by atoms with E-state index < -0.39 is 0 Å². The van der Waals surface area contributed by atoms with Gasteiger partial charge in [0.1, 0.15) is 0 Å². The van der Waals surface area contributed by atoms with Crippen molar-refractivity contribution in [2.75, 3.05) is 26.7 Å². The third kappa shape index (κ3) is 1.70. The fourth-order valence-electron chi connectivity index (χ4n) is 2.39. The molecule has 0 aromatic heterocycles. The molecule has 1 amide bonds. The molecule has 3 rings (SSSR count). The van der Waals surface area contributed by atoms with Crippen LogP contribution in [0.1, 0.15) is 19.3 Å². The smallest absolute Gasteiger partial charge is 0.225 e. The monoisotopic (exact) mass is 182 g/mol. The second-order valence-corrected chi connectivity index (χ2v) is 4.28. The zero-order valence-corrected chi connectivity index (χ0v) is 8.25. The van der Waals surface area contributed by atoms with Crippen LogP contribution in [-0.2, 0) is 4.79 Å². The van der Waals surface area contributed by atoms with Gasteiger partial charge >= 0.3 is 0 Å². The quantitative estimate of drug-likeness (QED) is 0.641.